The van der Waals surface area contributed by atoms with Crippen molar-refractivity contribution in [2.24, 2.45) is 5.92 Å². The van der Waals surface area contributed by atoms with Gasteiger partial charge in [-0.25, -0.2) is 4.79 Å². The quantitative estimate of drug-likeness (QED) is 0.587. The molecule has 1 aromatic rings. The van der Waals surface area contributed by atoms with Gasteiger partial charge in [-0.1, -0.05) is 55.9 Å². The number of hydrogen-bond donors (Lipinski definition) is 0. The van der Waals surface area contributed by atoms with Crippen LogP contribution in [0.15, 0.2) is 41.3 Å². The highest BCUT2D eigenvalue weighted by atomic mass is 32.2. The molecule has 2 rings (SSSR count). The molecule has 0 bridgehead atoms. The molecule has 0 saturated carbocycles. The summed E-state index contributed by atoms with van der Waals surface area (Å²) in [5.74, 6) is -0.0271. The summed E-state index contributed by atoms with van der Waals surface area (Å²) in [5, 5.41) is -0.0804. The maximum Gasteiger partial charge on any atom is 0.332 e. The van der Waals surface area contributed by atoms with Crippen molar-refractivity contribution in [2.45, 2.75) is 32.6 Å². The minimum absolute atomic E-state index is 0.0804. The summed E-state index contributed by atoms with van der Waals surface area (Å²) < 4.78 is 4.93. The second-order valence-corrected chi connectivity index (χ2v) is 6.94. The molecule has 1 aliphatic heterocycles. The molecule has 1 aromatic carbocycles. The van der Waals surface area contributed by atoms with Crippen LogP contribution in [0.1, 0.15) is 38.1 Å². The average molecular weight is 333 g/mol. The molecule has 1 fully saturated rings. The maximum atomic E-state index is 12.7. The third kappa shape index (κ3) is 4.61. The number of rotatable bonds is 6. The van der Waals surface area contributed by atoms with E-state index >= 15 is 0 Å². The van der Waals surface area contributed by atoms with Crippen molar-refractivity contribution in [2.75, 3.05) is 13.2 Å². The van der Waals surface area contributed by atoms with E-state index in [1.165, 1.54) is 17.8 Å². The Hall–Kier alpha value is -1.75. The number of thioether (sulfide) groups is 1. The fraction of sp³-hybridized carbons (Fsp3) is 0.444. The van der Waals surface area contributed by atoms with Gasteiger partial charge >= 0.3 is 5.97 Å². The lowest BCUT2D eigenvalue weighted by molar-refractivity contribution is -0.137. The Morgan fingerprint density at radius 3 is 2.65 bits per heavy atom. The van der Waals surface area contributed by atoms with Crippen LogP contribution >= 0.6 is 11.8 Å². The van der Waals surface area contributed by atoms with Gasteiger partial charge in [0.25, 0.3) is 5.91 Å². The standard InChI is InChI=1S/C18H23NO3S/c1-4-22-16(20)12-15-17(21)19(11-10-13(2)3)18(23-15)14-8-6-5-7-9-14/h5-9,12-13,18H,4,10-11H2,1-3H3/b15-12-. The second-order valence-electron chi connectivity index (χ2n) is 5.82. The summed E-state index contributed by atoms with van der Waals surface area (Å²) in [5.41, 5.74) is 1.07. The zero-order valence-corrected chi connectivity index (χ0v) is 14.6. The second kappa shape index (κ2) is 8.20. The molecule has 1 heterocycles. The number of hydrogen-bond acceptors (Lipinski definition) is 4. The van der Waals surface area contributed by atoms with E-state index in [4.69, 9.17) is 4.74 Å². The van der Waals surface area contributed by atoms with Gasteiger partial charge in [-0.2, -0.15) is 0 Å². The van der Waals surface area contributed by atoms with E-state index in [1.54, 1.807) is 6.92 Å². The summed E-state index contributed by atoms with van der Waals surface area (Å²) in [7, 11) is 0. The van der Waals surface area contributed by atoms with E-state index in [0.717, 1.165) is 12.0 Å². The van der Waals surface area contributed by atoms with Crippen molar-refractivity contribution in [3.8, 4) is 0 Å². The van der Waals surface area contributed by atoms with Crippen LogP contribution < -0.4 is 0 Å². The topological polar surface area (TPSA) is 46.6 Å². The van der Waals surface area contributed by atoms with Crippen LogP contribution in [-0.4, -0.2) is 29.9 Å². The molecule has 0 N–H and O–H groups in total. The number of benzene rings is 1. The lowest BCUT2D eigenvalue weighted by Crippen LogP contribution is -2.29. The number of carbonyl (C=O) groups excluding carboxylic acids is 2. The molecule has 124 valence electrons. The smallest absolute Gasteiger partial charge is 0.332 e. The first-order valence-electron chi connectivity index (χ1n) is 7.94. The summed E-state index contributed by atoms with van der Waals surface area (Å²) in [6.45, 7) is 7.02. The van der Waals surface area contributed by atoms with Crippen molar-refractivity contribution in [3.63, 3.8) is 0 Å². The zero-order chi connectivity index (χ0) is 16.8. The summed E-state index contributed by atoms with van der Waals surface area (Å²) in [6.07, 6.45) is 2.25. The monoisotopic (exact) mass is 333 g/mol. The Balaban J connectivity index is 2.24. The van der Waals surface area contributed by atoms with Gasteiger partial charge in [0.2, 0.25) is 0 Å². The lowest BCUT2D eigenvalue weighted by Gasteiger charge is -2.24. The molecule has 0 radical (unpaired) electrons. The summed E-state index contributed by atoms with van der Waals surface area (Å²) in [4.78, 5) is 26.7. The van der Waals surface area contributed by atoms with Crippen LogP contribution in [0.3, 0.4) is 0 Å². The predicted molar refractivity (Wildman–Crippen MR) is 92.7 cm³/mol. The van der Waals surface area contributed by atoms with Crippen LogP contribution in [0.25, 0.3) is 0 Å². The van der Waals surface area contributed by atoms with Crippen LogP contribution in [0.2, 0.25) is 0 Å². The molecule has 0 aliphatic carbocycles. The van der Waals surface area contributed by atoms with Crippen LogP contribution in [0, 0.1) is 5.92 Å². The van der Waals surface area contributed by atoms with Crippen LogP contribution in [0.4, 0.5) is 0 Å². The highest BCUT2D eigenvalue weighted by Crippen LogP contribution is 2.45. The molecule has 1 unspecified atom stereocenters. The summed E-state index contributed by atoms with van der Waals surface area (Å²) >= 11 is 1.42. The van der Waals surface area contributed by atoms with Crippen molar-refractivity contribution in [3.05, 3.63) is 46.9 Å². The molecule has 4 nitrogen and oxygen atoms in total. The van der Waals surface area contributed by atoms with Gasteiger partial charge in [0, 0.05) is 12.6 Å². The van der Waals surface area contributed by atoms with E-state index in [-0.39, 0.29) is 11.3 Å². The molecular formula is C18H23NO3S. The largest absolute Gasteiger partial charge is 0.463 e. The van der Waals surface area contributed by atoms with E-state index in [9.17, 15) is 9.59 Å². The molecular weight excluding hydrogens is 310 g/mol. The number of ether oxygens (including phenoxy) is 1. The minimum Gasteiger partial charge on any atom is -0.463 e. The Kier molecular flexibility index (Phi) is 6.28. The Morgan fingerprint density at radius 2 is 2.04 bits per heavy atom. The lowest BCUT2D eigenvalue weighted by atomic mass is 10.1. The minimum atomic E-state index is -0.458. The van der Waals surface area contributed by atoms with Gasteiger partial charge in [0.05, 0.1) is 11.5 Å². The van der Waals surface area contributed by atoms with Crippen molar-refractivity contribution >= 4 is 23.6 Å². The molecule has 1 atom stereocenters. The summed E-state index contributed by atoms with van der Waals surface area (Å²) in [6, 6.07) is 9.92. The normalized spacial score (nSPS) is 19.7. The average Bonchev–Trinajstić information content (AvgIpc) is 2.83. The number of nitrogens with zero attached hydrogens (tertiary/aromatic N) is 1. The van der Waals surface area contributed by atoms with Gasteiger partial charge in [0.1, 0.15) is 5.37 Å². The molecule has 0 aromatic heterocycles. The van der Waals surface area contributed by atoms with Gasteiger partial charge in [-0.05, 0) is 24.8 Å². The maximum absolute atomic E-state index is 12.7. The predicted octanol–water partition coefficient (Wildman–Crippen LogP) is 3.75. The molecule has 0 spiro atoms. The zero-order valence-electron chi connectivity index (χ0n) is 13.8. The molecule has 1 aliphatic rings. The van der Waals surface area contributed by atoms with Crippen LogP contribution in [0.5, 0.6) is 0 Å². The Labute approximate surface area is 141 Å². The first-order chi connectivity index (χ1) is 11.0. The van der Waals surface area contributed by atoms with Gasteiger partial charge in [0.15, 0.2) is 0 Å². The van der Waals surface area contributed by atoms with E-state index < -0.39 is 5.97 Å². The molecule has 5 heteroatoms. The Bertz CT molecular complexity index is 583. The fourth-order valence-corrected chi connectivity index (χ4v) is 3.60. The van der Waals surface area contributed by atoms with E-state index in [2.05, 4.69) is 13.8 Å². The van der Waals surface area contributed by atoms with Crippen molar-refractivity contribution in [1.82, 2.24) is 4.90 Å². The fourth-order valence-electron chi connectivity index (χ4n) is 2.35. The number of amides is 1. The molecule has 1 saturated heterocycles. The van der Waals surface area contributed by atoms with Crippen LogP contribution in [-0.2, 0) is 14.3 Å². The third-order valence-electron chi connectivity index (χ3n) is 3.56. The van der Waals surface area contributed by atoms with Crippen molar-refractivity contribution in [1.29, 1.82) is 0 Å². The van der Waals surface area contributed by atoms with Crippen molar-refractivity contribution < 1.29 is 14.3 Å². The SMILES string of the molecule is CCOC(=O)/C=C1\SC(c2ccccc2)N(CCC(C)C)C1=O. The van der Waals surface area contributed by atoms with Gasteiger partial charge in [-0.3, -0.25) is 4.79 Å². The first-order valence-corrected chi connectivity index (χ1v) is 8.82. The number of carbonyl (C=O) groups is 2. The molecule has 1 amide bonds. The first kappa shape index (κ1) is 17.6. The highest BCUT2D eigenvalue weighted by Gasteiger charge is 2.37. The van der Waals surface area contributed by atoms with Gasteiger partial charge in [-0.15, -0.1) is 0 Å². The van der Waals surface area contributed by atoms with Gasteiger partial charge < -0.3 is 9.64 Å². The third-order valence-corrected chi connectivity index (χ3v) is 4.86. The van der Waals surface area contributed by atoms with E-state index in [1.807, 2.05) is 35.2 Å². The number of esters is 1. The molecule has 23 heavy (non-hydrogen) atoms. The Morgan fingerprint density at radius 1 is 1.35 bits per heavy atom. The highest BCUT2D eigenvalue weighted by molar-refractivity contribution is 8.04. The van der Waals surface area contributed by atoms with E-state index in [0.29, 0.717) is 24.0 Å².